The number of benzene rings is 1. The first kappa shape index (κ1) is 10.5. The Labute approximate surface area is 90.1 Å². The van der Waals surface area contributed by atoms with Crippen molar-refractivity contribution in [2.45, 2.75) is 18.4 Å². The van der Waals surface area contributed by atoms with E-state index in [2.05, 4.69) is 5.32 Å². The van der Waals surface area contributed by atoms with Gasteiger partial charge in [0.05, 0.1) is 6.61 Å². The average Bonchev–Trinajstić information content (AvgIpc) is 3.07. The van der Waals surface area contributed by atoms with Gasteiger partial charge in [0.25, 0.3) is 0 Å². The number of rotatable bonds is 6. The maximum absolute atomic E-state index is 9.07. The van der Waals surface area contributed by atoms with Gasteiger partial charge in [0.2, 0.25) is 0 Å². The molecule has 0 spiro atoms. The summed E-state index contributed by atoms with van der Waals surface area (Å²) in [7, 11) is 0. The summed E-state index contributed by atoms with van der Waals surface area (Å²) in [5.74, 6) is 0.896. The molecule has 1 saturated carbocycles. The normalized spacial score (nSPS) is 17.4. The molecule has 15 heavy (non-hydrogen) atoms. The number of aliphatic hydroxyl groups is 1. The second-order valence-corrected chi connectivity index (χ2v) is 4.03. The first-order valence-electron chi connectivity index (χ1n) is 5.38. The van der Waals surface area contributed by atoms with Crippen molar-refractivity contribution in [3.05, 3.63) is 30.3 Å². The molecule has 0 aromatic heterocycles. The fraction of sp³-hybridized carbons (Fsp3) is 0.500. The fourth-order valence-electron chi connectivity index (χ4n) is 1.54. The monoisotopic (exact) mass is 207 g/mol. The Morgan fingerprint density at radius 2 is 2.00 bits per heavy atom. The molecule has 0 atom stereocenters. The zero-order valence-corrected chi connectivity index (χ0v) is 8.78. The third kappa shape index (κ3) is 2.94. The lowest BCUT2D eigenvalue weighted by Gasteiger charge is -2.14. The van der Waals surface area contributed by atoms with Crippen LogP contribution in [0.1, 0.15) is 12.8 Å². The maximum Gasteiger partial charge on any atom is 0.119 e. The Kier molecular flexibility index (Phi) is 3.23. The van der Waals surface area contributed by atoms with E-state index in [1.807, 2.05) is 30.3 Å². The van der Waals surface area contributed by atoms with E-state index in [4.69, 9.17) is 9.84 Å². The zero-order valence-electron chi connectivity index (χ0n) is 8.78. The van der Waals surface area contributed by atoms with Crippen LogP contribution >= 0.6 is 0 Å². The Morgan fingerprint density at radius 3 is 2.60 bits per heavy atom. The van der Waals surface area contributed by atoms with Gasteiger partial charge in [-0.05, 0) is 25.0 Å². The fourth-order valence-corrected chi connectivity index (χ4v) is 1.54. The van der Waals surface area contributed by atoms with E-state index < -0.39 is 0 Å². The van der Waals surface area contributed by atoms with Gasteiger partial charge in [0.15, 0.2) is 0 Å². The van der Waals surface area contributed by atoms with Crippen LogP contribution in [-0.2, 0) is 0 Å². The molecule has 0 aliphatic heterocycles. The van der Waals surface area contributed by atoms with Crippen LogP contribution in [0.2, 0.25) is 0 Å². The number of aliphatic hydroxyl groups excluding tert-OH is 1. The molecule has 1 aliphatic rings. The summed E-state index contributed by atoms with van der Waals surface area (Å²) in [4.78, 5) is 0. The van der Waals surface area contributed by atoms with Crippen molar-refractivity contribution < 1.29 is 9.84 Å². The SMILES string of the molecule is OCC1(NCCOc2ccccc2)CC1. The van der Waals surface area contributed by atoms with Crippen molar-refractivity contribution >= 4 is 0 Å². The van der Waals surface area contributed by atoms with E-state index in [1.165, 1.54) is 0 Å². The van der Waals surface area contributed by atoms with Crippen LogP contribution in [0.5, 0.6) is 5.75 Å². The number of ether oxygens (including phenoxy) is 1. The number of hydrogen-bond donors (Lipinski definition) is 2. The second-order valence-electron chi connectivity index (χ2n) is 4.03. The van der Waals surface area contributed by atoms with Crippen LogP contribution in [0.3, 0.4) is 0 Å². The van der Waals surface area contributed by atoms with Crippen molar-refractivity contribution in [2.24, 2.45) is 0 Å². The maximum atomic E-state index is 9.07. The van der Waals surface area contributed by atoms with Crippen molar-refractivity contribution in [1.29, 1.82) is 0 Å². The molecule has 82 valence electrons. The Bertz CT molecular complexity index is 296. The van der Waals surface area contributed by atoms with E-state index in [9.17, 15) is 0 Å². The summed E-state index contributed by atoms with van der Waals surface area (Å²) >= 11 is 0. The molecular weight excluding hydrogens is 190 g/mol. The van der Waals surface area contributed by atoms with E-state index in [-0.39, 0.29) is 12.1 Å². The quantitative estimate of drug-likeness (QED) is 0.688. The minimum absolute atomic E-state index is 0.0139. The second kappa shape index (κ2) is 4.64. The van der Waals surface area contributed by atoms with E-state index in [0.29, 0.717) is 6.61 Å². The van der Waals surface area contributed by atoms with E-state index in [1.54, 1.807) is 0 Å². The van der Waals surface area contributed by atoms with E-state index in [0.717, 1.165) is 25.1 Å². The lowest BCUT2D eigenvalue weighted by Crippen LogP contribution is -2.37. The van der Waals surface area contributed by atoms with E-state index >= 15 is 0 Å². The molecule has 0 saturated heterocycles. The largest absolute Gasteiger partial charge is 0.492 e. The summed E-state index contributed by atoms with van der Waals surface area (Å²) in [6.45, 7) is 1.67. The molecule has 3 heteroatoms. The van der Waals surface area contributed by atoms with Gasteiger partial charge in [0, 0.05) is 12.1 Å². The molecule has 0 amide bonds. The molecule has 2 N–H and O–H groups in total. The molecule has 1 fully saturated rings. The molecule has 1 aromatic carbocycles. The van der Waals surface area contributed by atoms with Crippen LogP contribution in [0.4, 0.5) is 0 Å². The van der Waals surface area contributed by atoms with Crippen LogP contribution in [0, 0.1) is 0 Å². The third-order valence-corrected chi connectivity index (χ3v) is 2.77. The van der Waals surface area contributed by atoms with Gasteiger partial charge in [-0.3, -0.25) is 0 Å². The van der Waals surface area contributed by atoms with Gasteiger partial charge in [0.1, 0.15) is 12.4 Å². The summed E-state index contributed by atoms with van der Waals surface area (Å²) < 4.78 is 5.53. The van der Waals surface area contributed by atoms with Gasteiger partial charge in [-0.25, -0.2) is 0 Å². The van der Waals surface area contributed by atoms with Gasteiger partial charge in [-0.1, -0.05) is 18.2 Å². The average molecular weight is 207 g/mol. The number of para-hydroxylation sites is 1. The summed E-state index contributed by atoms with van der Waals surface area (Å²) in [6.07, 6.45) is 2.16. The molecular formula is C12H17NO2. The Morgan fingerprint density at radius 1 is 1.27 bits per heavy atom. The Hall–Kier alpha value is -1.06. The standard InChI is InChI=1S/C12H17NO2/c14-10-12(6-7-12)13-8-9-15-11-4-2-1-3-5-11/h1-5,13-14H,6-10H2. The van der Waals surface area contributed by atoms with Crippen LogP contribution < -0.4 is 10.1 Å². The van der Waals surface area contributed by atoms with Crippen molar-refractivity contribution in [2.75, 3.05) is 19.8 Å². The third-order valence-electron chi connectivity index (χ3n) is 2.77. The van der Waals surface area contributed by atoms with Gasteiger partial charge in [-0.2, -0.15) is 0 Å². The zero-order chi connectivity index (χ0) is 10.6. The molecule has 0 unspecified atom stereocenters. The molecule has 0 heterocycles. The molecule has 0 bridgehead atoms. The minimum atomic E-state index is 0.0139. The smallest absolute Gasteiger partial charge is 0.119 e. The predicted molar refractivity (Wildman–Crippen MR) is 59.0 cm³/mol. The predicted octanol–water partition coefficient (Wildman–Crippen LogP) is 1.18. The molecule has 2 rings (SSSR count). The first-order chi connectivity index (χ1) is 7.35. The highest BCUT2D eigenvalue weighted by Crippen LogP contribution is 2.34. The molecule has 1 aromatic rings. The van der Waals surface area contributed by atoms with Gasteiger partial charge >= 0.3 is 0 Å². The Balaban J connectivity index is 1.63. The van der Waals surface area contributed by atoms with Gasteiger partial charge < -0.3 is 15.2 Å². The van der Waals surface area contributed by atoms with Crippen molar-refractivity contribution in [3.8, 4) is 5.75 Å². The topological polar surface area (TPSA) is 41.5 Å². The van der Waals surface area contributed by atoms with Crippen LogP contribution in [0.25, 0.3) is 0 Å². The van der Waals surface area contributed by atoms with Crippen LogP contribution in [-0.4, -0.2) is 30.4 Å². The summed E-state index contributed by atoms with van der Waals surface area (Å²) in [5.41, 5.74) is 0.0139. The van der Waals surface area contributed by atoms with Crippen LogP contribution in [0.15, 0.2) is 30.3 Å². The number of hydrogen-bond acceptors (Lipinski definition) is 3. The minimum Gasteiger partial charge on any atom is -0.492 e. The first-order valence-corrected chi connectivity index (χ1v) is 5.38. The summed E-state index contributed by atoms with van der Waals surface area (Å²) in [6, 6.07) is 9.77. The van der Waals surface area contributed by atoms with Crippen molar-refractivity contribution in [3.63, 3.8) is 0 Å². The van der Waals surface area contributed by atoms with Gasteiger partial charge in [-0.15, -0.1) is 0 Å². The summed E-state index contributed by atoms with van der Waals surface area (Å²) in [5, 5.41) is 12.4. The molecule has 0 radical (unpaired) electrons. The lowest BCUT2D eigenvalue weighted by molar-refractivity contribution is 0.219. The lowest BCUT2D eigenvalue weighted by atomic mass is 10.3. The highest BCUT2D eigenvalue weighted by Gasteiger charge is 2.41. The molecule has 3 nitrogen and oxygen atoms in total. The van der Waals surface area contributed by atoms with Crippen molar-refractivity contribution in [1.82, 2.24) is 5.32 Å². The highest BCUT2D eigenvalue weighted by atomic mass is 16.5. The highest BCUT2D eigenvalue weighted by molar-refractivity contribution is 5.20. The number of nitrogens with one attached hydrogen (secondary N) is 1. The molecule has 1 aliphatic carbocycles.